The molecular weight excluding hydrogens is 390 g/mol. The Morgan fingerprint density at radius 3 is 2.58 bits per heavy atom. The van der Waals surface area contributed by atoms with Gasteiger partial charge in [-0.1, -0.05) is 12.1 Å². The Kier molecular flexibility index (Phi) is 4.88. The Morgan fingerprint density at radius 2 is 1.87 bits per heavy atom. The number of rotatable bonds is 4. The van der Waals surface area contributed by atoms with Crippen molar-refractivity contribution in [2.24, 2.45) is 0 Å². The number of likely N-dealkylation sites (tertiary alicyclic amines) is 1. The van der Waals surface area contributed by atoms with Crippen molar-refractivity contribution in [3.63, 3.8) is 0 Å². The molecule has 1 unspecified atom stereocenters. The summed E-state index contributed by atoms with van der Waals surface area (Å²) in [6.45, 7) is 6.33. The predicted molar refractivity (Wildman–Crippen MR) is 120 cm³/mol. The number of hydrogen-bond donors (Lipinski definition) is 1. The number of benzene rings is 2. The van der Waals surface area contributed by atoms with E-state index in [-0.39, 0.29) is 24.0 Å². The maximum absolute atomic E-state index is 13.4. The number of urea groups is 1. The van der Waals surface area contributed by atoms with Crippen molar-refractivity contribution in [3.05, 3.63) is 59.9 Å². The number of anilines is 1. The van der Waals surface area contributed by atoms with Crippen molar-refractivity contribution in [2.45, 2.75) is 38.8 Å². The van der Waals surface area contributed by atoms with Crippen molar-refractivity contribution in [1.82, 2.24) is 19.8 Å². The van der Waals surface area contributed by atoms with Crippen LogP contribution in [0.3, 0.4) is 0 Å². The average molecular weight is 418 g/mol. The third-order valence-corrected chi connectivity index (χ3v) is 6.23. The molecule has 31 heavy (non-hydrogen) atoms. The van der Waals surface area contributed by atoms with Crippen molar-refractivity contribution in [2.75, 3.05) is 24.5 Å². The van der Waals surface area contributed by atoms with Crippen LogP contribution in [0.4, 0.5) is 10.5 Å². The van der Waals surface area contributed by atoms with Crippen molar-refractivity contribution < 1.29 is 9.59 Å². The van der Waals surface area contributed by atoms with Crippen LogP contribution in [-0.4, -0.2) is 46.0 Å². The second-order valence-electron chi connectivity index (χ2n) is 8.51. The molecule has 0 radical (unpaired) electrons. The van der Waals surface area contributed by atoms with Crippen LogP contribution in [0.15, 0.2) is 48.5 Å². The van der Waals surface area contributed by atoms with E-state index >= 15 is 0 Å². The summed E-state index contributed by atoms with van der Waals surface area (Å²) in [7, 11) is 0. The smallest absolute Gasteiger partial charge is 0.321 e. The number of imidazole rings is 1. The second kappa shape index (κ2) is 7.72. The van der Waals surface area contributed by atoms with Crippen molar-refractivity contribution in [3.8, 4) is 0 Å². The average Bonchev–Trinajstić information content (AvgIpc) is 3.50. The minimum Gasteiger partial charge on any atom is -0.336 e. The SMILES string of the molecule is CC(C)n1c(C2CCCN2C(=O)c2ccc(N3CCNC3=O)cc2)nc2ccccc21. The minimum atomic E-state index is -0.0914. The lowest BCUT2D eigenvalue weighted by molar-refractivity contribution is 0.0727. The Hall–Kier alpha value is -3.35. The first kappa shape index (κ1) is 19.6. The van der Waals surface area contributed by atoms with E-state index in [9.17, 15) is 9.59 Å². The summed E-state index contributed by atoms with van der Waals surface area (Å²) in [6, 6.07) is 15.7. The van der Waals surface area contributed by atoms with E-state index in [1.807, 2.05) is 47.4 Å². The number of para-hydroxylation sites is 2. The molecule has 0 aliphatic carbocycles. The highest BCUT2D eigenvalue weighted by atomic mass is 16.2. The third-order valence-electron chi connectivity index (χ3n) is 6.23. The molecule has 2 saturated heterocycles. The number of fused-ring (bicyclic) bond motifs is 1. The van der Waals surface area contributed by atoms with Crippen molar-refractivity contribution >= 4 is 28.7 Å². The van der Waals surface area contributed by atoms with Crippen LogP contribution in [0, 0.1) is 0 Å². The van der Waals surface area contributed by atoms with Gasteiger partial charge < -0.3 is 14.8 Å². The molecule has 7 nitrogen and oxygen atoms in total. The molecule has 0 spiro atoms. The zero-order valence-corrected chi connectivity index (χ0v) is 17.9. The zero-order valence-electron chi connectivity index (χ0n) is 17.9. The molecule has 2 aliphatic rings. The van der Waals surface area contributed by atoms with Crippen LogP contribution in [0.25, 0.3) is 11.0 Å². The molecule has 2 aliphatic heterocycles. The molecule has 3 amide bonds. The van der Waals surface area contributed by atoms with E-state index in [1.165, 1.54) is 0 Å². The molecule has 0 saturated carbocycles. The fourth-order valence-corrected chi connectivity index (χ4v) is 4.79. The molecule has 1 N–H and O–H groups in total. The molecule has 1 atom stereocenters. The Balaban J connectivity index is 1.44. The van der Waals surface area contributed by atoms with Crippen LogP contribution in [-0.2, 0) is 0 Å². The van der Waals surface area contributed by atoms with Gasteiger partial charge in [0, 0.05) is 36.9 Å². The summed E-state index contributed by atoms with van der Waals surface area (Å²) < 4.78 is 2.26. The highest BCUT2D eigenvalue weighted by Gasteiger charge is 2.34. The van der Waals surface area contributed by atoms with Crippen LogP contribution < -0.4 is 10.2 Å². The summed E-state index contributed by atoms with van der Waals surface area (Å²) in [6.07, 6.45) is 1.87. The fraction of sp³-hybridized carbons (Fsp3) is 0.375. The van der Waals surface area contributed by atoms with Gasteiger partial charge in [0.15, 0.2) is 0 Å². The predicted octanol–water partition coefficient (Wildman–Crippen LogP) is 4.12. The topological polar surface area (TPSA) is 70.5 Å². The molecule has 0 bridgehead atoms. The Morgan fingerprint density at radius 1 is 1.10 bits per heavy atom. The van der Waals surface area contributed by atoms with E-state index in [0.29, 0.717) is 18.7 Å². The van der Waals surface area contributed by atoms with E-state index in [4.69, 9.17) is 4.98 Å². The number of nitrogens with zero attached hydrogens (tertiary/aromatic N) is 4. The van der Waals surface area contributed by atoms with Crippen LogP contribution in [0.1, 0.15) is 55.0 Å². The van der Waals surface area contributed by atoms with Crippen molar-refractivity contribution in [1.29, 1.82) is 0 Å². The van der Waals surface area contributed by atoms with Crippen LogP contribution in [0.5, 0.6) is 0 Å². The zero-order chi connectivity index (χ0) is 21.5. The molecule has 3 heterocycles. The summed E-state index contributed by atoms with van der Waals surface area (Å²) in [5, 5.41) is 2.80. The Labute approximate surface area is 181 Å². The number of hydrogen-bond acceptors (Lipinski definition) is 3. The number of nitrogens with one attached hydrogen (secondary N) is 1. The number of carbonyl (C=O) groups is 2. The van der Waals surface area contributed by atoms with Gasteiger partial charge in [0.2, 0.25) is 0 Å². The number of amides is 3. The first-order valence-electron chi connectivity index (χ1n) is 11.0. The van der Waals surface area contributed by atoms with Gasteiger partial charge in [0.25, 0.3) is 5.91 Å². The van der Waals surface area contributed by atoms with Gasteiger partial charge in [0.05, 0.1) is 17.1 Å². The van der Waals surface area contributed by atoms with Gasteiger partial charge >= 0.3 is 6.03 Å². The molecule has 7 heteroatoms. The monoisotopic (exact) mass is 417 g/mol. The first-order chi connectivity index (χ1) is 15.0. The molecule has 3 aromatic rings. The van der Waals surface area contributed by atoms with Gasteiger partial charge in [0.1, 0.15) is 5.82 Å². The lowest BCUT2D eigenvalue weighted by atomic mass is 10.1. The largest absolute Gasteiger partial charge is 0.336 e. The minimum absolute atomic E-state index is 0.0160. The summed E-state index contributed by atoms with van der Waals surface area (Å²) in [4.78, 5) is 33.9. The Bertz CT molecular complexity index is 1130. The summed E-state index contributed by atoms with van der Waals surface area (Å²) >= 11 is 0. The number of carbonyl (C=O) groups excluding carboxylic acids is 2. The quantitative estimate of drug-likeness (QED) is 0.694. The molecule has 1 aromatic heterocycles. The van der Waals surface area contributed by atoms with Gasteiger partial charge in [-0.25, -0.2) is 9.78 Å². The van der Waals surface area contributed by atoms with Crippen LogP contribution in [0.2, 0.25) is 0 Å². The number of aromatic nitrogens is 2. The normalized spacial score (nSPS) is 18.9. The van der Waals surface area contributed by atoms with Gasteiger partial charge in [-0.15, -0.1) is 0 Å². The molecule has 160 valence electrons. The molecular formula is C24H27N5O2. The first-order valence-corrected chi connectivity index (χ1v) is 11.0. The molecule has 2 aromatic carbocycles. The standard InChI is InChI=1S/C24H27N5O2/c1-16(2)29-20-7-4-3-6-19(20)26-22(29)21-8-5-14-28(21)23(30)17-9-11-18(12-10-17)27-15-13-25-24(27)31/h3-4,6-7,9-12,16,21H,5,8,13-15H2,1-2H3,(H,25,31). The maximum Gasteiger partial charge on any atom is 0.321 e. The van der Waals surface area contributed by atoms with E-state index < -0.39 is 0 Å². The van der Waals surface area contributed by atoms with Gasteiger partial charge in [-0.2, -0.15) is 0 Å². The van der Waals surface area contributed by atoms with Crippen LogP contribution >= 0.6 is 0 Å². The van der Waals surface area contributed by atoms with E-state index in [1.54, 1.807) is 4.90 Å². The highest BCUT2D eigenvalue weighted by molar-refractivity contribution is 5.97. The second-order valence-corrected chi connectivity index (χ2v) is 8.51. The van der Waals surface area contributed by atoms with E-state index in [0.717, 1.165) is 41.9 Å². The summed E-state index contributed by atoms with van der Waals surface area (Å²) in [5.74, 6) is 0.981. The van der Waals surface area contributed by atoms with E-state index in [2.05, 4.69) is 29.8 Å². The lowest BCUT2D eigenvalue weighted by Gasteiger charge is -2.26. The molecule has 2 fully saturated rings. The van der Waals surface area contributed by atoms with Gasteiger partial charge in [-0.05, 0) is 63.1 Å². The fourth-order valence-electron chi connectivity index (χ4n) is 4.79. The maximum atomic E-state index is 13.4. The summed E-state index contributed by atoms with van der Waals surface area (Å²) in [5.41, 5.74) is 3.53. The lowest BCUT2D eigenvalue weighted by Crippen LogP contribution is -2.32. The highest BCUT2D eigenvalue weighted by Crippen LogP contribution is 2.36. The third kappa shape index (κ3) is 3.34. The molecule has 5 rings (SSSR count). The van der Waals surface area contributed by atoms with Gasteiger partial charge in [-0.3, -0.25) is 9.69 Å².